The van der Waals surface area contributed by atoms with Crippen LogP contribution >= 0.6 is 11.3 Å². The fourth-order valence-electron chi connectivity index (χ4n) is 5.01. The van der Waals surface area contributed by atoms with Crippen LogP contribution in [-0.2, 0) is 27.3 Å². The molecule has 0 radical (unpaired) electrons. The largest absolute Gasteiger partial charge is 0.497 e. The van der Waals surface area contributed by atoms with E-state index in [2.05, 4.69) is 39.6 Å². The number of hydrogen-bond acceptors (Lipinski definition) is 7. The summed E-state index contributed by atoms with van der Waals surface area (Å²) in [6.07, 6.45) is 3.96. The normalized spacial score (nSPS) is 19.9. The van der Waals surface area contributed by atoms with Crippen LogP contribution in [0.1, 0.15) is 42.2 Å². The third-order valence-electron chi connectivity index (χ3n) is 7.68. The van der Waals surface area contributed by atoms with E-state index >= 15 is 0 Å². The van der Waals surface area contributed by atoms with Gasteiger partial charge in [-0.3, -0.25) is 19.3 Å². The number of benzene rings is 2. The van der Waals surface area contributed by atoms with Gasteiger partial charge in [0.25, 0.3) is 0 Å². The predicted molar refractivity (Wildman–Crippen MR) is 165 cm³/mol. The highest BCUT2D eigenvalue weighted by Crippen LogP contribution is 2.28. The van der Waals surface area contributed by atoms with Gasteiger partial charge < -0.3 is 20.3 Å². The minimum absolute atomic E-state index is 0.179. The van der Waals surface area contributed by atoms with E-state index in [9.17, 15) is 14.4 Å². The van der Waals surface area contributed by atoms with Crippen LogP contribution in [0.15, 0.2) is 54.7 Å². The fourth-order valence-corrected chi connectivity index (χ4v) is 6.06. The highest BCUT2D eigenvalue weighted by Gasteiger charge is 2.30. The van der Waals surface area contributed by atoms with E-state index < -0.39 is 12.1 Å². The zero-order chi connectivity index (χ0) is 30.1. The third kappa shape index (κ3) is 8.39. The molecule has 1 aliphatic rings. The number of aryl methyl sites for hydroxylation is 1. The molecule has 1 fully saturated rings. The van der Waals surface area contributed by atoms with Crippen molar-refractivity contribution in [3.63, 3.8) is 0 Å². The molecule has 3 aromatic rings. The molecule has 2 atom stereocenters. The van der Waals surface area contributed by atoms with Gasteiger partial charge in [-0.15, -0.1) is 11.3 Å². The summed E-state index contributed by atoms with van der Waals surface area (Å²) in [6, 6.07) is 14.2. The number of nitrogens with zero attached hydrogens (tertiary/aromatic N) is 3. The standard InChI is InChI=1S/C32H41N5O4S/c1-22-9-5-6-10-27(22)31-34-20-26(42-31)21-37-17-7-11-29(38)35-28(19-24-12-14-25(41-4)15-13-24)32(40)36(3)23(2)30(39)33-16-8-18-37/h5-6,9-10,12-15,20,23,28H,7-8,11,16-19,21H2,1-4H3,(H,33,39)(H,35,38)/t23-,28-/m0/s1. The van der Waals surface area contributed by atoms with Crippen LogP contribution < -0.4 is 15.4 Å². The molecule has 3 amide bonds. The molecule has 2 N–H and O–H groups in total. The van der Waals surface area contributed by atoms with Crippen LogP contribution in [0, 0.1) is 6.92 Å². The smallest absolute Gasteiger partial charge is 0.245 e. The first kappa shape index (κ1) is 31.2. The number of rotatable bonds is 6. The second kappa shape index (κ2) is 14.9. The summed E-state index contributed by atoms with van der Waals surface area (Å²) in [5, 5.41) is 6.93. The summed E-state index contributed by atoms with van der Waals surface area (Å²) in [5.74, 6) is 0.0230. The van der Waals surface area contributed by atoms with E-state index in [1.807, 2.05) is 42.6 Å². The average molecular weight is 592 g/mol. The lowest BCUT2D eigenvalue weighted by molar-refractivity contribution is -0.141. The molecule has 9 nitrogen and oxygen atoms in total. The second-order valence-corrected chi connectivity index (χ2v) is 11.9. The molecular formula is C32H41N5O4S. The topological polar surface area (TPSA) is 104 Å². The minimum Gasteiger partial charge on any atom is -0.497 e. The van der Waals surface area contributed by atoms with Crippen LogP contribution in [0.4, 0.5) is 0 Å². The number of aromatic nitrogens is 1. The highest BCUT2D eigenvalue weighted by atomic mass is 32.1. The van der Waals surface area contributed by atoms with Gasteiger partial charge in [-0.05, 0) is 56.5 Å². The maximum absolute atomic E-state index is 13.5. The van der Waals surface area contributed by atoms with Gasteiger partial charge in [0.15, 0.2) is 0 Å². The Kier molecular flexibility index (Phi) is 11.1. The van der Waals surface area contributed by atoms with Crippen LogP contribution in [0.5, 0.6) is 5.75 Å². The number of carbonyl (C=O) groups is 3. The summed E-state index contributed by atoms with van der Waals surface area (Å²) < 4.78 is 5.24. The maximum Gasteiger partial charge on any atom is 0.245 e. The molecule has 2 aromatic carbocycles. The van der Waals surface area contributed by atoms with Crippen LogP contribution in [-0.4, -0.2) is 78.4 Å². The maximum atomic E-state index is 13.5. The van der Waals surface area contributed by atoms with E-state index in [1.165, 1.54) is 10.5 Å². The number of ether oxygens (including phenoxy) is 1. The molecule has 2 heterocycles. The molecule has 0 spiro atoms. The molecule has 224 valence electrons. The molecule has 1 aromatic heterocycles. The van der Waals surface area contributed by atoms with Crippen molar-refractivity contribution in [3.8, 4) is 16.3 Å². The van der Waals surface area contributed by atoms with Crippen molar-refractivity contribution >= 4 is 29.1 Å². The first-order valence-electron chi connectivity index (χ1n) is 14.4. The summed E-state index contributed by atoms with van der Waals surface area (Å²) >= 11 is 1.68. The van der Waals surface area contributed by atoms with Gasteiger partial charge in [0.2, 0.25) is 17.7 Å². The lowest BCUT2D eigenvalue weighted by atomic mass is 10.0. The Morgan fingerprint density at radius 3 is 2.52 bits per heavy atom. The van der Waals surface area contributed by atoms with Crippen molar-refractivity contribution in [2.45, 2.75) is 58.2 Å². The zero-order valence-electron chi connectivity index (χ0n) is 24.9. The van der Waals surface area contributed by atoms with Crippen molar-refractivity contribution in [1.82, 2.24) is 25.4 Å². The first-order chi connectivity index (χ1) is 20.2. The van der Waals surface area contributed by atoms with E-state index in [-0.39, 0.29) is 17.7 Å². The number of thiazole rings is 1. The summed E-state index contributed by atoms with van der Waals surface area (Å²) in [4.78, 5) is 49.0. The Morgan fingerprint density at radius 2 is 1.79 bits per heavy atom. The molecule has 42 heavy (non-hydrogen) atoms. The quantitative estimate of drug-likeness (QED) is 0.452. The Labute approximate surface area is 252 Å². The molecule has 0 unspecified atom stereocenters. The Hall–Kier alpha value is -3.76. The highest BCUT2D eigenvalue weighted by molar-refractivity contribution is 7.15. The summed E-state index contributed by atoms with van der Waals surface area (Å²) in [6.45, 7) is 6.50. The lowest BCUT2D eigenvalue weighted by Gasteiger charge is -2.29. The van der Waals surface area contributed by atoms with Crippen molar-refractivity contribution in [2.75, 3.05) is 33.8 Å². The summed E-state index contributed by atoms with van der Waals surface area (Å²) in [5.41, 5.74) is 3.22. The van der Waals surface area contributed by atoms with E-state index in [0.29, 0.717) is 38.1 Å². The average Bonchev–Trinajstić information content (AvgIpc) is 3.45. The summed E-state index contributed by atoms with van der Waals surface area (Å²) in [7, 11) is 3.21. The van der Waals surface area contributed by atoms with E-state index in [1.54, 1.807) is 32.4 Å². The van der Waals surface area contributed by atoms with Crippen molar-refractivity contribution in [1.29, 1.82) is 0 Å². The second-order valence-electron chi connectivity index (χ2n) is 10.8. The molecular weight excluding hydrogens is 550 g/mol. The predicted octanol–water partition coefficient (Wildman–Crippen LogP) is 3.80. The molecule has 10 heteroatoms. The third-order valence-corrected chi connectivity index (χ3v) is 8.69. The van der Waals surface area contributed by atoms with Crippen molar-refractivity contribution in [2.24, 2.45) is 0 Å². The first-order valence-corrected chi connectivity index (χ1v) is 15.3. The van der Waals surface area contributed by atoms with Gasteiger partial charge in [0.1, 0.15) is 22.8 Å². The molecule has 0 bridgehead atoms. The van der Waals surface area contributed by atoms with Gasteiger partial charge >= 0.3 is 0 Å². The van der Waals surface area contributed by atoms with Gasteiger partial charge in [-0.25, -0.2) is 4.98 Å². The lowest BCUT2D eigenvalue weighted by Crippen LogP contribution is -2.54. The number of likely N-dealkylation sites (N-methyl/N-ethyl adjacent to an activating group) is 1. The number of nitrogens with one attached hydrogen (secondary N) is 2. The number of methoxy groups -OCH3 is 1. The van der Waals surface area contributed by atoms with Gasteiger partial charge in [0, 0.05) is 56.2 Å². The molecule has 1 aliphatic heterocycles. The zero-order valence-corrected chi connectivity index (χ0v) is 25.7. The van der Waals surface area contributed by atoms with Crippen molar-refractivity contribution < 1.29 is 19.1 Å². The van der Waals surface area contributed by atoms with Gasteiger partial charge in [-0.2, -0.15) is 0 Å². The van der Waals surface area contributed by atoms with Crippen molar-refractivity contribution in [3.05, 3.63) is 70.7 Å². The molecule has 1 saturated heterocycles. The minimum atomic E-state index is -0.788. The fraction of sp³-hybridized carbons (Fsp3) is 0.438. The SMILES string of the molecule is COc1ccc(C[C@@H]2NC(=O)CCCN(Cc3cnc(-c4ccccc4C)s3)CCCNC(=O)[C@H](C)N(C)C2=O)cc1. The van der Waals surface area contributed by atoms with Crippen LogP contribution in [0.25, 0.3) is 10.6 Å². The van der Waals surface area contributed by atoms with Crippen LogP contribution in [0.2, 0.25) is 0 Å². The molecule has 4 rings (SSSR count). The van der Waals surface area contributed by atoms with Gasteiger partial charge in [-0.1, -0.05) is 36.4 Å². The number of carbonyl (C=O) groups excluding carboxylic acids is 3. The van der Waals surface area contributed by atoms with E-state index in [4.69, 9.17) is 4.74 Å². The Bertz CT molecular complexity index is 1360. The number of hydrogen-bond donors (Lipinski definition) is 2. The number of amides is 3. The van der Waals surface area contributed by atoms with Crippen LogP contribution in [0.3, 0.4) is 0 Å². The molecule has 0 saturated carbocycles. The molecule has 0 aliphatic carbocycles. The Morgan fingerprint density at radius 1 is 1.05 bits per heavy atom. The van der Waals surface area contributed by atoms with E-state index in [0.717, 1.165) is 40.5 Å². The Balaban J connectivity index is 1.46. The van der Waals surface area contributed by atoms with Gasteiger partial charge in [0.05, 0.1) is 7.11 Å². The monoisotopic (exact) mass is 591 g/mol.